The molecule has 6 heteroatoms. The number of nitrogens with one attached hydrogen (secondary N) is 2. The van der Waals surface area contributed by atoms with Gasteiger partial charge in [0.25, 0.3) is 0 Å². The average molecular weight is 240 g/mol. The number of aromatic nitrogens is 5. The van der Waals surface area contributed by atoms with Crippen molar-refractivity contribution in [2.45, 2.75) is 13.5 Å². The predicted molar refractivity (Wildman–Crippen MR) is 68.0 cm³/mol. The molecule has 0 bridgehead atoms. The lowest BCUT2D eigenvalue weighted by molar-refractivity contribution is 1.01. The molecule has 0 radical (unpaired) electrons. The highest BCUT2D eigenvalue weighted by Gasteiger charge is 2.07. The zero-order valence-electron chi connectivity index (χ0n) is 9.88. The quantitative estimate of drug-likeness (QED) is 0.728. The molecular weight excluding hydrogens is 228 g/mol. The van der Waals surface area contributed by atoms with Gasteiger partial charge in [-0.1, -0.05) is 6.07 Å². The van der Waals surface area contributed by atoms with Crippen molar-refractivity contribution in [2.24, 2.45) is 0 Å². The van der Waals surface area contributed by atoms with E-state index in [2.05, 4.69) is 30.2 Å². The Morgan fingerprint density at radius 2 is 2.17 bits per heavy atom. The number of rotatable bonds is 3. The first-order valence-electron chi connectivity index (χ1n) is 5.64. The Morgan fingerprint density at radius 3 is 3.00 bits per heavy atom. The second-order valence-electron chi connectivity index (χ2n) is 3.89. The molecule has 0 unspecified atom stereocenters. The van der Waals surface area contributed by atoms with Gasteiger partial charge in [0, 0.05) is 6.20 Å². The van der Waals surface area contributed by atoms with Crippen molar-refractivity contribution in [3.05, 3.63) is 42.2 Å². The molecule has 90 valence electrons. The Hall–Kier alpha value is -2.50. The fourth-order valence-electron chi connectivity index (χ4n) is 1.75. The van der Waals surface area contributed by atoms with Crippen LogP contribution in [0.1, 0.15) is 11.5 Å². The third-order valence-electron chi connectivity index (χ3n) is 2.55. The standard InChI is InChI=1S/C12H12N6/c1-8-17-11(10-12(18-8)16-7-15-10)14-6-9-4-2-3-5-13-9/h2-5,7H,6H2,1H3,(H2,14,15,16,17,18). The maximum absolute atomic E-state index is 4.36. The highest BCUT2D eigenvalue weighted by Crippen LogP contribution is 2.16. The second-order valence-corrected chi connectivity index (χ2v) is 3.89. The Bertz CT molecular complexity index is 661. The van der Waals surface area contributed by atoms with E-state index in [1.54, 1.807) is 12.5 Å². The summed E-state index contributed by atoms with van der Waals surface area (Å²) in [5, 5.41) is 3.23. The molecule has 0 saturated heterocycles. The van der Waals surface area contributed by atoms with E-state index in [0.29, 0.717) is 12.4 Å². The van der Waals surface area contributed by atoms with Gasteiger partial charge in [-0.25, -0.2) is 15.0 Å². The minimum absolute atomic E-state index is 0.610. The fourth-order valence-corrected chi connectivity index (χ4v) is 1.75. The van der Waals surface area contributed by atoms with E-state index < -0.39 is 0 Å². The molecule has 0 aromatic carbocycles. The highest BCUT2D eigenvalue weighted by molar-refractivity contribution is 5.82. The summed E-state index contributed by atoms with van der Waals surface area (Å²) in [6.07, 6.45) is 3.39. The number of aryl methyl sites for hydroxylation is 1. The average Bonchev–Trinajstić information content (AvgIpc) is 2.85. The molecule has 0 saturated carbocycles. The number of hydrogen-bond donors (Lipinski definition) is 2. The molecular formula is C12H12N6. The number of imidazole rings is 1. The largest absolute Gasteiger partial charge is 0.362 e. The summed E-state index contributed by atoms with van der Waals surface area (Å²) in [6, 6.07) is 5.81. The van der Waals surface area contributed by atoms with Gasteiger partial charge in [0.2, 0.25) is 0 Å². The van der Waals surface area contributed by atoms with Crippen LogP contribution in [-0.2, 0) is 6.54 Å². The van der Waals surface area contributed by atoms with Crippen molar-refractivity contribution in [3.63, 3.8) is 0 Å². The molecule has 0 aliphatic carbocycles. The van der Waals surface area contributed by atoms with Crippen molar-refractivity contribution in [2.75, 3.05) is 5.32 Å². The summed E-state index contributed by atoms with van der Waals surface area (Å²) in [7, 11) is 0. The smallest absolute Gasteiger partial charge is 0.163 e. The zero-order valence-corrected chi connectivity index (χ0v) is 9.88. The van der Waals surface area contributed by atoms with Crippen molar-refractivity contribution < 1.29 is 0 Å². The topological polar surface area (TPSA) is 79.4 Å². The first kappa shape index (κ1) is 10.6. The van der Waals surface area contributed by atoms with Crippen LogP contribution in [0, 0.1) is 6.92 Å². The first-order valence-corrected chi connectivity index (χ1v) is 5.64. The lowest BCUT2D eigenvalue weighted by Crippen LogP contribution is -2.05. The van der Waals surface area contributed by atoms with Crippen LogP contribution in [-0.4, -0.2) is 24.9 Å². The van der Waals surface area contributed by atoms with Gasteiger partial charge in [-0.2, -0.15) is 0 Å². The van der Waals surface area contributed by atoms with Crippen LogP contribution in [0.3, 0.4) is 0 Å². The number of fused-ring (bicyclic) bond motifs is 1. The highest BCUT2D eigenvalue weighted by atomic mass is 15.1. The number of nitrogens with zero attached hydrogens (tertiary/aromatic N) is 4. The molecule has 3 aromatic heterocycles. The van der Waals surface area contributed by atoms with Crippen molar-refractivity contribution in [1.29, 1.82) is 0 Å². The molecule has 0 atom stereocenters. The van der Waals surface area contributed by atoms with Crippen molar-refractivity contribution in [3.8, 4) is 0 Å². The number of H-pyrrole nitrogens is 1. The van der Waals surface area contributed by atoms with Crippen LogP contribution in [0.4, 0.5) is 5.82 Å². The molecule has 3 aromatic rings. The summed E-state index contributed by atoms with van der Waals surface area (Å²) in [5.41, 5.74) is 2.44. The summed E-state index contributed by atoms with van der Waals surface area (Å²) < 4.78 is 0. The molecule has 2 N–H and O–H groups in total. The van der Waals surface area contributed by atoms with Gasteiger partial charge in [0.15, 0.2) is 11.5 Å². The van der Waals surface area contributed by atoms with Crippen LogP contribution in [0.15, 0.2) is 30.7 Å². The molecule has 6 nitrogen and oxygen atoms in total. The van der Waals surface area contributed by atoms with E-state index in [-0.39, 0.29) is 0 Å². The summed E-state index contributed by atoms with van der Waals surface area (Å²) in [6.45, 7) is 2.46. The Kier molecular flexibility index (Phi) is 2.60. The van der Waals surface area contributed by atoms with E-state index in [0.717, 1.165) is 22.7 Å². The SMILES string of the molecule is Cc1nc(NCc2ccccn2)c2nc[nH]c2n1. The van der Waals surface area contributed by atoms with Crippen molar-refractivity contribution in [1.82, 2.24) is 24.9 Å². The van der Waals surface area contributed by atoms with E-state index in [9.17, 15) is 0 Å². The maximum Gasteiger partial charge on any atom is 0.163 e. The second kappa shape index (κ2) is 4.40. The lowest BCUT2D eigenvalue weighted by atomic mass is 10.3. The molecule has 3 rings (SSSR count). The van der Waals surface area contributed by atoms with Crippen LogP contribution >= 0.6 is 0 Å². The molecule has 0 aliphatic rings. The van der Waals surface area contributed by atoms with Crippen LogP contribution in [0.5, 0.6) is 0 Å². The molecule has 0 amide bonds. The van der Waals surface area contributed by atoms with Crippen LogP contribution in [0.25, 0.3) is 11.2 Å². The third kappa shape index (κ3) is 2.00. The minimum atomic E-state index is 0.610. The maximum atomic E-state index is 4.36. The normalized spacial score (nSPS) is 10.7. The number of hydrogen-bond acceptors (Lipinski definition) is 5. The Balaban J connectivity index is 1.88. The zero-order chi connectivity index (χ0) is 12.4. The van der Waals surface area contributed by atoms with Gasteiger partial charge in [-0.15, -0.1) is 0 Å². The Labute approximate surface area is 104 Å². The summed E-state index contributed by atoms with van der Waals surface area (Å²) in [4.78, 5) is 20.1. The van der Waals surface area contributed by atoms with Gasteiger partial charge in [-0.3, -0.25) is 4.98 Å². The Morgan fingerprint density at radius 1 is 1.22 bits per heavy atom. The first-order chi connectivity index (χ1) is 8.83. The fraction of sp³-hybridized carbons (Fsp3) is 0.167. The van der Waals surface area contributed by atoms with Crippen molar-refractivity contribution >= 4 is 17.0 Å². The molecule has 0 aliphatic heterocycles. The number of aromatic amines is 1. The van der Waals surface area contributed by atoms with Crippen LogP contribution < -0.4 is 5.32 Å². The molecule has 18 heavy (non-hydrogen) atoms. The van der Waals surface area contributed by atoms with Gasteiger partial charge in [-0.05, 0) is 19.1 Å². The molecule has 0 spiro atoms. The number of anilines is 1. The van der Waals surface area contributed by atoms with Gasteiger partial charge >= 0.3 is 0 Å². The number of pyridine rings is 1. The van der Waals surface area contributed by atoms with E-state index in [1.165, 1.54) is 0 Å². The van der Waals surface area contributed by atoms with Gasteiger partial charge in [0.05, 0.1) is 18.6 Å². The summed E-state index contributed by atoms with van der Waals surface area (Å²) >= 11 is 0. The van der Waals surface area contributed by atoms with Gasteiger partial charge in [0.1, 0.15) is 11.3 Å². The minimum Gasteiger partial charge on any atom is -0.362 e. The predicted octanol–water partition coefficient (Wildman–Crippen LogP) is 1.67. The summed E-state index contributed by atoms with van der Waals surface area (Å²) in [5.74, 6) is 1.43. The monoisotopic (exact) mass is 240 g/mol. The van der Waals surface area contributed by atoms with E-state index in [1.807, 2.05) is 25.1 Å². The molecule has 3 heterocycles. The van der Waals surface area contributed by atoms with E-state index >= 15 is 0 Å². The van der Waals surface area contributed by atoms with E-state index in [4.69, 9.17) is 0 Å². The molecule has 0 fully saturated rings. The third-order valence-corrected chi connectivity index (χ3v) is 2.55. The lowest BCUT2D eigenvalue weighted by Gasteiger charge is -2.06. The van der Waals surface area contributed by atoms with Crippen LogP contribution in [0.2, 0.25) is 0 Å². The van der Waals surface area contributed by atoms with Gasteiger partial charge < -0.3 is 10.3 Å².